The van der Waals surface area contributed by atoms with Crippen LogP contribution in [-0.2, 0) is 6.54 Å². The Morgan fingerprint density at radius 3 is 2.73 bits per heavy atom. The van der Waals surface area contributed by atoms with E-state index in [0.717, 1.165) is 37.1 Å². The molecule has 2 heterocycles. The van der Waals surface area contributed by atoms with Gasteiger partial charge in [-0.2, -0.15) is 0 Å². The van der Waals surface area contributed by atoms with Gasteiger partial charge in [0.2, 0.25) is 0 Å². The molecule has 0 aromatic carbocycles. The summed E-state index contributed by atoms with van der Waals surface area (Å²) in [4.78, 5) is 6.84. The molecule has 22 heavy (non-hydrogen) atoms. The molecular weight excluding hydrogens is 278 g/mol. The molecule has 0 N–H and O–H groups in total. The Bertz CT molecular complexity index is 587. The number of nitrogens with zero attached hydrogens (tertiary/aromatic N) is 7. The lowest BCUT2D eigenvalue weighted by Crippen LogP contribution is -1.98. The molecule has 0 unspecified atom stereocenters. The van der Waals surface area contributed by atoms with E-state index in [-0.39, 0.29) is 0 Å². The summed E-state index contributed by atoms with van der Waals surface area (Å²) < 4.78 is 1.89. The monoisotopic (exact) mass is 299 g/mol. The van der Waals surface area contributed by atoms with Gasteiger partial charge in [-0.05, 0) is 30.5 Å². The molecule has 0 saturated carbocycles. The summed E-state index contributed by atoms with van der Waals surface area (Å²) in [6.45, 7) is 1.51. The summed E-state index contributed by atoms with van der Waals surface area (Å²) in [5.74, 6) is 0. The zero-order valence-electron chi connectivity index (χ0n) is 12.7. The number of aromatic nitrogens is 4. The quantitative estimate of drug-likeness (QED) is 0.287. The van der Waals surface area contributed by atoms with Crippen molar-refractivity contribution in [1.82, 2.24) is 20.0 Å². The Hall–Kier alpha value is -2.40. The first kappa shape index (κ1) is 16.0. The van der Waals surface area contributed by atoms with Crippen LogP contribution in [0.2, 0.25) is 0 Å². The maximum atomic E-state index is 8.16. The zero-order valence-corrected chi connectivity index (χ0v) is 12.7. The third kappa shape index (κ3) is 5.54. The minimum absolute atomic E-state index is 0.618. The van der Waals surface area contributed by atoms with Crippen molar-refractivity contribution < 1.29 is 0 Å². The number of aryl methyl sites for hydroxylation is 1. The number of azide groups is 1. The van der Waals surface area contributed by atoms with E-state index in [1.54, 1.807) is 12.4 Å². The smallest absolute Gasteiger partial charge is 0.114 e. The van der Waals surface area contributed by atoms with Gasteiger partial charge in [-0.3, -0.25) is 9.67 Å². The van der Waals surface area contributed by atoms with Crippen molar-refractivity contribution in [3.05, 3.63) is 41.2 Å². The van der Waals surface area contributed by atoms with Crippen LogP contribution in [0.5, 0.6) is 0 Å². The summed E-state index contributed by atoms with van der Waals surface area (Å²) in [5.41, 5.74) is 10.0. The molecule has 7 nitrogen and oxygen atoms in total. The van der Waals surface area contributed by atoms with Crippen molar-refractivity contribution in [2.45, 2.75) is 45.1 Å². The first-order valence-corrected chi connectivity index (χ1v) is 7.71. The van der Waals surface area contributed by atoms with Crippen molar-refractivity contribution in [3.63, 3.8) is 0 Å². The van der Waals surface area contributed by atoms with Gasteiger partial charge in [0.05, 0.1) is 6.20 Å². The fraction of sp³-hybridized carbons (Fsp3) is 0.533. The average Bonchev–Trinajstić information content (AvgIpc) is 3.03. The van der Waals surface area contributed by atoms with E-state index in [0.29, 0.717) is 6.54 Å². The normalized spacial score (nSPS) is 10.4. The van der Waals surface area contributed by atoms with Crippen LogP contribution in [0.4, 0.5) is 0 Å². The van der Waals surface area contributed by atoms with Crippen LogP contribution in [0.15, 0.2) is 35.8 Å². The summed E-state index contributed by atoms with van der Waals surface area (Å²) in [7, 11) is 0. The Morgan fingerprint density at radius 2 is 1.95 bits per heavy atom. The van der Waals surface area contributed by atoms with Crippen LogP contribution in [-0.4, -0.2) is 26.5 Å². The molecule has 0 aliphatic carbocycles. The van der Waals surface area contributed by atoms with E-state index >= 15 is 0 Å². The summed E-state index contributed by atoms with van der Waals surface area (Å²) in [6, 6.07) is 3.88. The zero-order chi connectivity index (χ0) is 15.5. The SMILES string of the molecule is [N-]=[N+]=NCCCCCCCCn1cc(-c2cccnc2)nn1. The first-order valence-electron chi connectivity index (χ1n) is 7.71. The van der Waals surface area contributed by atoms with Crippen molar-refractivity contribution in [1.29, 1.82) is 0 Å². The Morgan fingerprint density at radius 1 is 1.14 bits per heavy atom. The highest BCUT2D eigenvalue weighted by molar-refractivity contribution is 5.55. The van der Waals surface area contributed by atoms with E-state index in [4.69, 9.17) is 5.53 Å². The fourth-order valence-electron chi connectivity index (χ4n) is 2.26. The lowest BCUT2D eigenvalue weighted by molar-refractivity contribution is 0.515. The van der Waals surface area contributed by atoms with Gasteiger partial charge in [0.15, 0.2) is 0 Å². The number of rotatable bonds is 10. The molecule has 0 radical (unpaired) electrons. The van der Waals surface area contributed by atoms with Crippen LogP contribution in [0.25, 0.3) is 21.7 Å². The third-order valence-electron chi connectivity index (χ3n) is 3.45. The molecule has 0 spiro atoms. The second-order valence-electron chi connectivity index (χ2n) is 5.18. The summed E-state index contributed by atoms with van der Waals surface area (Å²) in [5, 5.41) is 11.9. The van der Waals surface area contributed by atoms with Crippen molar-refractivity contribution >= 4 is 0 Å². The van der Waals surface area contributed by atoms with E-state index in [9.17, 15) is 0 Å². The predicted molar refractivity (Wildman–Crippen MR) is 85.0 cm³/mol. The van der Waals surface area contributed by atoms with Crippen molar-refractivity contribution in [3.8, 4) is 11.3 Å². The molecule has 2 rings (SSSR count). The molecular formula is C15H21N7. The minimum atomic E-state index is 0.618. The van der Waals surface area contributed by atoms with Gasteiger partial charge >= 0.3 is 0 Å². The van der Waals surface area contributed by atoms with Crippen molar-refractivity contribution in [2.24, 2.45) is 5.11 Å². The van der Waals surface area contributed by atoms with E-state index in [1.165, 1.54) is 19.3 Å². The highest BCUT2D eigenvalue weighted by Crippen LogP contribution is 2.14. The average molecular weight is 299 g/mol. The lowest BCUT2D eigenvalue weighted by atomic mass is 10.1. The van der Waals surface area contributed by atoms with Crippen LogP contribution >= 0.6 is 0 Å². The highest BCUT2D eigenvalue weighted by Gasteiger charge is 2.03. The third-order valence-corrected chi connectivity index (χ3v) is 3.45. The number of hydrogen-bond acceptors (Lipinski definition) is 4. The van der Waals surface area contributed by atoms with Gasteiger partial charge in [0.25, 0.3) is 0 Å². The molecule has 0 saturated heterocycles. The standard InChI is InChI=1S/C15H21N7/c16-20-18-10-5-3-1-2-4-6-11-22-13-15(19-21-22)14-8-7-9-17-12-14/h7-9,12-13H,1-6,10-11H2. The number of unbranched alkanes of at least 4 members (excludes halogenated alkanes) is 5. The fourth-order valence-corrected chi connectivity index (χ4v) is 2.26. The van der Waals surface area contributed by atoms with E-state index in [2.05, 4.69) is 25.3 Å². The molecule has 2 aromatic heterocycles. The van der Waals surface area contributed by atoms with Crippen LogP contribution in [0, 0.1) is 0 Å². The number of pyridine rings is 1. The maximum Gasteiger partial charge on any atom is 0.114 e. The van der Waals surface area contributed by atoms with Crippen LogP contribution in [0.3, 0.4) is 0 Å². The van der Waals surface area contributed by atoms with Crippen LogP contribution in [0.1, 0.15) is 38.5 Å². The molecule has 7 heteroatoms. The lowest BCUT2D eigenvalue weighted by Gasteiger charge is -2.01. The van der Waals surface area contributed by atoms with Crippen molar-refractivity contribution in [2.75, 3.05) is 6.54 Å². The van der Waals surface area contributed by atoms with Gasteiger partial charge in [-0.15, -0.1) is 5.10 Å². The van der Waals surface area contributed by atoms with Gasteiger partial charge in [0, 0.05) is 36.0 Å². The van der Waals surface area contributed by atoms with Crippen LogP contribution < -0.4 is 0 Å². The Kier molecular flexibility index (Phi) is 6.92. The van der Waals surface area contributed by atoms with Gasteiger partial charge in [0.1, 0.15) is 5.69 Å². The topological polar surface area (TPSA) is 92.4 Å². The van der Waals surface area contributed by atoms with E-state index in [1.807, 2.05) is 23.0 Å². The van der Waals surface area contributed by atoms with Gasteiger partial charge < -0.3 is 0 Å². The summed E-state index contributed by atoms with van der Waals surface area (Å²) >= 11 is 0. The highest BCUT2D eigenvalue weighted by atomic mass is 15.4. The number of hydrogen-bond donors (Lipinski definition) is 0. The molecule has 0 amide bonds. The first-order chi connectivity index (χ1) is 10.9. The van der Waals surface area contributed by atoms with Gasteiger partial charge in [-0.1, -0.05) is 36.0 Å². The molecule has 116 valence electrons. The Balaban J connectivity index is 1.60. The van der Waals surface area contributed by atoms with E-state index < -0.39 is 0 Å². The second kappa shape index (κ2) is 9.52. The molecule has 2 aromatic rings. The predicted octanol–water partition coefficient (Wildman–Crippen LogP) is 3.99. The minimum Gasteiger partial charge on any atom is -0.264 e. The summed E-state index contributed by atoms with van der Waals surface area (Å²) in [6.07, 6.45) is 12.3. The molecule has 0 atom stereocenters. The molecule has 0 aliphatic rings. The maximum absolute atomic E-state index is 8.16. The largest absolute Gasteiger partial charge is 0.264 e. The molecule has 0 bridgehead atoms. The molecule has 0 aliphatic heterocycles. The second-order valence-corrected chi connectivity index (χ2v) is 5.18. The van der Waals surface area contributed by atoms with Gasteiger partial charge in [-0.25, -0.2) is 0 Å². The Labute approximate surface area is 130 Å². The molecule has 0 fully saturated rings.